The molecule has 2 rings (SSSR count). The smallest absolute Gasteiger partial charge is 0.123 e. The van der Waals surface area contributed by atoms with E-state index in [1.54, 1.807) is 7.11 Å². The Morgan fingerprint density at radius 2 is 1.90 bits per heavy atom. The van der Waals surface area contributed by atoms with Crippen LogP contribution in [0.25, 0.3) is 0 Å². The minimum absolute atomic E-state index is 0.738. The molecule has 0 unspecified atom stereocenters. The predicted molar refractivity (Wildman–Crippen MR) is 84.6 cm³/mol. The summed E-state index contributed by atoms with van der Waals surface area (Å²) in [7, 11) is 1.68. The number of hydrogen-bond acceptors (Lipinski definition) is 2. The molecule has 1 N–H and O–H groups in total. The first kappa shape index (κ1) is 14.9. The Bertz CT molecular complexity index is 569. The minimum Gasteiger partial charge on any atom is -0.496 e. The molecule has 0 atom stereocenters. The SMILES string of the molecule is COc1ccc(Cl)cc1CNCCc1ccccc1C. The lowest BCUT2D eigenvalue weighted by molar-refractivity contribution is 0.408. The van der Waals surface area contributed by atoms with Crippen molar-refractivity contribution in [3.8, 4) is 5.75 Å². The standard InChI is InChI=1S/C17H20ClNO/c1-13-5-3-4-6-14(13)9-10-19-12-15-11-16(18)7-8-17(15)20-2/h3-8,11,19H,9-10,12H2,1-2H3. The van der Waals surface area contributed by atoms with Crippen LogP contribution in [0.1, 0.15) is 16.7 Å². The monoisotopic (exact) mass is 289 g/mol. The lowest BCUT2D eigenvalue weighted by Crippen LogP contribution is -2.17. The zero-order valence-electron chi connectivity index (χ0n) is 11.9. The molecule has 0 fully saturated rings. The van der Waals surface area contributed by atoms with Gasteiger partial charge < -0.3 is 10.1 Å². The van der Waals surface area contributed by atoms with Crippen LogP contribution in [0.4, 0.5) is 0 Å². The van der Waals surface area contributed by atoms with Crippen molar-refractivity contribution in [2.75, 3.05) is 13.7 Å². The van der Waals surface area contributed by atoms with Crippen LogP contribution in [-0.4, -0.2) is 13.7 Å². The third-order valence-corrected chi connectivity index (χ3v) is 3.63. The van der Waals surface area contributed by atoms with Gasteiger partial charge in [0.25, 0.3) is 0 Å². The van der Waals surface area contributed by atoms with Gasteiger partial charge in [-0.3, -0.25) is 0 Å². The van der Waals surface area contributed by atoms with Crippen molar-refractivity contribution >= 4 is 11.6 Å². The number of aryl methyl sites for hydroxylation is 1. The average molecular weight is 290 g/mol. The van der Waals surface area contributed by atoms with Crippen molar-refractivity contribution in [1.29, 1.82) is 0 Å². The van der Waals surface area contributed by atoms with Crippen LogP contribution in [-0.2, 0) is 13.0 Å². The molecule has 3 heteroatoms. The lowest BCUT2D eigenvalue weighted by Gasteiger charge is -2.11. The molecule has 0 saturated heterocycles. The Morgan fingerprint density at radius 3 is 2.65 bits per heavy atom. The molecule has 106 valence electrons. The molecule has 2 aromatic rings. The Kier molecular flexibility index (Phi) is 5.45. The number of halogens is 1. The zero-order chi connectivity index (χ0) is 14.4. The van der Waals surface area contributed by atoms with Gasteiger partial charge in [-0.1, -0.05) is 35.9 Å². The maximum Gasteiger partial charge on any atom is 0.123 e. The van der Waals surface area contributed by atoms with E-state index in [1.807, 2.05) is 18.2 Å². The van der Waals surface area contributed by atoms with Gasteiger partial charge in [0.1, 0.15) is 5.75 Å². The molecule has 0 aliphatic carbocycles. The number of nitrogens with one attached hydrogen (secondary N) is 1. The zero-order valence-corrected chi connectivity index (χ0v) is 12.7. The second kappa shape index (κ2) is 7.32. The molecular formula is C17H20ClNO. The summed E-state index contributed by atoms with van der Waals surface area (Å²) in [6, 6.07) is 14.2. The summed E-state index contributed by atoms with van der Waals surface area (Å²) in [5.74, 6) is 0.873. The third-order valence-electron chi connectivity index (χ3n) is 3.39. The molecule has 2 aromatic carbocycles. The maximum absolute atomic E-state index is 6.02. The van der Waals surface area contributed by atoms with Gasteiger partial charge in [0, 0.05) is 17.1 Å². The normalized spacial score (nSPS) is 10.6. The molecule has 0 saturated carbocycles. The topological polar surface area (TPSA) is 21.3 Å². The highest BCUT2D eigenvalue weighted by Crippen LogP contribution is 2.22. The van der Waals surface area contributed by atoms with Gasteiger partial charge in [0.15, 0.2) is 0 Å². The first-order valence-electron chi connectivity index (χ1n) is 6.78. The second-order valence-electron chi connectivity index (χ2n) is 4.81. The Balaban J connectivity index is 1.87. The lowest BCUT2D eigenvalue weighted by atomic mass is 10.1. The Morgan fingerprint density at radius 1 is 1.10 bits per heavy atom. The Labute approximate surface area is 125 Å². The van der Waals surface area contributed by atoms with E-state index in [0.29, 0.717) is 0 Å². The maximum atomic E-state index is 6.02. The van der Waals surface area contributed by atoms with Gasteiger partial charge in [0.2, 0.25) is 0 Å². The number of hydrogen-bond donors (Lipinski definition) is 1. The van der Waals surface area contributed by atoms with Crippen LogP contribution in [0.15, 0.2) is 42.5 Å². The van der Waals surface area contributed by atoms with E-state index in [9.17, 15) is 0 Å². The highest BCUT2D eigenvalue weighted by Gasteiger charge is 2.03. The number of benzene rings is 2. The predicted octanol–water partition coefficient (Wildman–Crippen LogP) is 3.99. The molecule has 0 bridgehead atoms. The summed E-state index contributed by atoms with van der Waals surface area (Å²) in [6.45, 7) is 3.84. The number of methoxy groups -OCH3 is 1. The van der Waals surface area contributed by atoms with Crippen molar-refractivity contribution in [3.05, 3.63) is 64.2 Å². The minimum atomic E-state index is 0.738. The van der Waals surface area contributed by atoms with E-state index >= 15 is 0 Å². The van der Waals surface area contributed by atoms with E-state index in [4.69, 9.17) is 16.3 Å². The molecule has 0 radical (unpaired) electrons. The van der Waals surface area contributed by atoms with E-state index in [1.165, 1.54) is 11.1 Å². The van der Waals surface area contributed by atoms with E-state index in [-0.39, 0.29) is 0 Å². The molecule has 0 spiro atoms. The van der Waals surface area contributed by atoms with Gasteiger partial charge in [0.05, 0.1) is 7.11 Å². The van der Waals surface area contributed by atoms with Gasteiger partial charge in [-0.2, -0.15) is 0 Å². The highest BCUT2D eigenvalue weighted by molar-refractivity contribution is 6.30. The van der Waals surface area contributed by atoms with Crippen LogP contribution in [0.3, 0.4) is 0 Å². The van der Waals surface area contributed by atoms with E-state index in [0.717, 1.165) is 35.8 Å². The van der Waals surface area contributed by atoms with E-state index in [2.05, 4.69) is 36.5 Å². The van der Waals surface area contributed by atoms with Crippen LogP contribution in [0, 0.1) is 6.92 Å². The first-order chi connectivity index (χ1) is 9.70. The molecule has 2 nitrogen and oxygen atoms in total. The van der Waals surface area contributed by atoms with Crippen molar-refractivity contribution < 1.29 is 4.74 Å². The average Bonchev–Trinajstić information content (AvgIpc) is 2.45. The highest BCUT2D eigenvalue weighted by atomic mass is 35.5. The molecule has 0 aliphatic rings. The number of rotatable bonds is 6. The fourth-order valence-electron chi connectivity index (χ4n) is 2.22. The van der Waals surface area contributed by atoms with Gasteiger partial charge in [-0.05, 0) is 49.2 Å². The van der Waals surface area contributed by atoms with Crippen LogP contribution in [0.2, 0.25) is 5.02 Å². The summed E-state index contributed by atoms with van der Waals surface area (Å²) < 4.78 is 5.34. The quantitative estimate of drug-likeness (QED) is 0.812. The number of ether oxygens (including phenoxy) is 1. The van der Waals surface area contributed by atoms with Gasteiger partial charge >= 0.3 is 0 Å². The molecule has 0 amide bonds. The largest absolute Gasteiger partial charge is 0.496 e. The summed E-state index contributed by atoms with van der Waals surface area (Å²) in [5, 5.41) is 4.18. The molecule has 20 heavy (non-hydrogen) atoms. The van der Waals surface area contributed by atoms with Crippen LogP contribution < -0.4 is 10.1 Å². The molecule has 0 aliphatic heterocycles. The molecular weight excluding hydrogens is 270 g/mol. The van der Waals surface area contributed by atoms with Gasteiger partial charge in [-0.15, -0.1) is 0 Å². The second-order valence-corrected chi connectivity index (χ2v) is 5.25. The van der Waals surface area contributed by atoms with Crippen LogP contribution >= 0.6 is 11.6 Å². The van der Waals surface area contributed by atoms with Crippen molar-refractivity contribution in [1.82, 2.24) is 5.32 Å². The fraction of sp³-hybridized carbons (Fsp3) is 0.294. The van der Waals surface area contributed by atoms with E-state index < -0.39 is 0 Å². The third kappa shape index (κ3) is 3.99. The van der Waals surface area contributed by atoms with Crippen molar-refractivity contribution in [2.24, 2.45) is 0 Å². The van der Waals surface area contributed by atoms with Crippen molar-refractivity contribution in [3.63, 3.8) is 0 Å². The van der Waals surface area contributed by atoms with Crippen LogP contribution in [0.5, 0.6) is 5.75 Å². The summed E-state index contributed by atoms with van der Waals surface area (Å²) in [6.07, 6.45) is 1.02. The Hall–Kier alpha value is -1.51. The fourth-order valence-corrected chi connectivity index (χ4v) is 2.42. The molecule has 0 heterocycles. The van der Waals surface area contributed by atoms with Gasteiger partial charge in [-0.25, -0.2) is 0 Å². The summed E-state index contributed by atoms with van der Waals surface area (Å²) in [5.41, 5.74) is 3.82. The first-order valence-corrected chi connectivity index (χ1v) is 7.16. The molecule has 0 aromatic heterocycles. The summed E-state index contributed by atoms with van der Waals surface area (Å²) >= 11 is 6.02. The van der Waals surface area contributed by atoms with Crippen molar-refractivity contribution in [2.45, 2.75) is 19.9 Å². The summed E-state index contributed by atoms with van der Waals surface area (Å²) in [4.78, 5) is 0.